The number of rotatable bonds is 4. The molecule has 124 valence electrons. The Morgan fingerprint density at radius 3 is 2.58 bits per heavy atom. The van der Waals surface area contributed by atoms with Gasteiger partial charge in [0.1, 0.15) is 5.69 Å². The van der Waals surface area contributed by atoms with Crippen LogP contribution in [0.4, 0.5) is 0 Å². The fourth-order valence-electron chi connectivity index (χ4n) is 2.41. The number of hydrogen-bond acceptors (Lipinski definition) is 4. The lowest BCUT2D eigenvalue weighted by molar-refractivity contribution is 0.0589. The smallest absolute Gasteiger partial charge is 0.371 e. The van der Waals surface area contributed by atoms with Crippen molar-refractivity contribution in [2.45, 2.75) is 6.54 Å². The van der Waals surface area contributed by atoms with Gasteiger partial charge in [0.2, 0.25) is 5.76 Å². The molecule has 6 nitrogen and oxygen atoms in total. The van der Waals surface area contributed by atoms with E-state index in [1.165, 1.54) is 19.2 Å². The molecule has 0 aliphatic heterocycles. The number of esters is 1. The van der Waals surface area contributed by atoms with E-state index in [1.54, 1.807) is 22.8 Å². The second-order valence-corrected chi connectivity index (χ2v) is 5.84. The first-order valence-electron chi connectivity index (χ1n) is 6.79. The fraction of sp³-hybridized carbons (Fsp3) is 0.125. The summed E-state index contributed by atoms with van der Waals surface area (Å²) < 4.78 is 11.6. The maximum atomic E-state index is 12.0. The van der Waals surface area contributed by atoms with Crippen LogP contribution in [0, 0.1) is 0 Å². The summed E-state index contributed by atoms with van der Waals surface area (Å²) in [6.45, 7) is 0.267. The minimum Gasteiger partial charge on any atom is -0.475 e. The Morgan fingerprint density at radius 2 is 1.96 bits per heavy atom. The quantitative estimate of drug-likeness (QED) is 0.702. The number of carboxylic acids is 1. The third-order valence-electron chi connectivity index (χ3n) is 3.52. The van der Waals surface area contributed by atoms with Crippen molar-refractivity contribution < 1.29 is 23.8 Å². The summed E-state index contributed by atoms with van der Waals surface area (Å²) in [5, 5.41) is 9.85. The predicted molar refractivity (Wildman–Crippen MR) is 88.1 cm³/mol. The number of aromatic nitrogens is 1. The third kappa shape index (κ3) is 2.86. The van der Waals surface area contributed by atoms with Gasteiger partial charge in [0.15, 0.2) is 5.58 Å². The summed E-state index contributed by atoms with van der Waals surface area (Å²) in [6.07, 6.45) is 0. The van der Waals surface area contributed by atoms with E-state index < -0.39 is 11.9 Å². The van der Waals surface area contributed by atoms with Crippen molar-refractivity contribution in [3.05, 3.63) is 57.4 Å². The number of ether oxygens (including phenoxy) is 1. The number of hydrogen-bond donors (Lipinski definition) is 1. The van der Waals surface area contributed by atoms with Crippen LogP contribution in [-0.4, -0.2) is 28.7 Å². The van der Waals surface area contributed by atoms with Crippen LogP contribution in [0.25, 0.3) is 11.1 Å². The zero-order valence-corrected chi connectivity index (χ0v) is 13.9. The number of fused-ring (bicyclic) bond motifs is 1. The van der Waals surface area contributed by atoms with Gasteiger partial charge < -0.3 is 18.8 Å². The van der Waals surface area contributed by atoms with Crippen molar-refractivity contribution in [3.8, 4) is 0 Å². The zero-order chi connectivity index (χ0) is 17.4. The van der Waals surface area contributed by atoms with E-state index in [4.69, 9.17) is 37.5 Å². The highest BCUT2D eigenvalue weighted by atomic mass is 35.5. The molecule has 0 radical (unpaired) electrons. The zero-order valence-electron chi connectivity index (χ0n) is 12.4. The molecule has 0 unspecified atom stereocenters. The number of aromatic carboxylic acids is 1. The number of carboxylic acid groups (broad SMARTS) is 1. The van der Waals surface area contributed by atoms with Crippen LogP contribution in [0.1, 0.15) is 26.6 Å². The topological polar surface area (TPSA) is 81.7 Å². The number of carbonyl (C=O) groups is 2. The molecule has 1 N–H and O–H groups in total. The Morgan fingerprint density at radius 1 is 1.21 bits per heavy atom. The fourth-order valence-corrected chi connectivity index (χ4v) is 2.73. The molecule has 0 saturated carbocycles. The molecule has 0 bridgehead atoms. The van der Waals surface area contributed by atoms with Gasteiger partial charge in [-0.25, -0.2) is 9.59 Å². The van der Waals surface area contributed by atoms with Gasteiger partial charge in [0, 0.05) is 18.7 Å². The van der Waals surface area contributed by atoms with Gasteiger partial charge in [-0.3, -0.25) is 0 Å². The molecular weight excluding hydrogens is 357 g/mol. The van der Waals surface area contributed by atoms with Crippen molar-refractivity contribution in [2.75, 3.05) is 7.11 Å². The van der Waals surface area contributed by atoms with Gasteiger partial charge in [-0.1, -0.05) is 29.3 Å². The lowest BCUT2D eigenvalue weighted by atomic mass is 10.2. The molecule has 3 aromatic rings. The minimum absolute atomic E-state index is 0.209. The third-order valence-corrected chi connectivity index (χ3v) is 4.26. The summed E-state index contributed by atoms with van der Waals surface area (Å²) in [5.74, 6) is -1.95. The SMILES string of the molecule is COC(=O)c1cc2oc(C(=O)O)cc2n1Cc1ccc(Cl)c(Cl)c1. The molecule has 0 aliphatic carbocycles. The van der Waals surface area contributed by atoms with Gasteiger partial charge in [-0.05, 0) is 17.7 Å². The molecule has 8 heteroatoms. The molecule has 0 atom stereocenters. The number of methoxy groups -OCH3 is 1. The van der Waals surface area contributed by atoms with Gasteiger partial charge in [0.05, 0.1) is 22.7 Å². The maximum Gasteiger partial charge on any atom is 0.371 e. The van der Waals surface area contributed by atoms with Crippen molar-refractivity contribution in [1.82, 2.24) is 4.57 Å². The molecule has 2 aromatic heterocycles. The van der Waals surface area contributed by atoms with Crippen LogP contribution >= 0.6 is 23.2 Å². The second-order valence-electron chi connectivity index (χ2n) is 5.02. The second kappa shape index (κ2) is 6.22. The number of furan rings is 1. The van der Waals surface area contributed by atoms with Gasteiger partial charge in [-0.2, -0.15) is 0 Å². The number of carbonyl (C=O) groups excluding carboxylic acids is 1. The summed E-state index contributed by atoms with van der Waals surface area (Å²) in [5.41, 5.74) is 1.78. The van der Waals surface area contributed by atoms with E-state index in [9.17, 15) is 9.59 Å². The van der Waals surface area contributed by atoms with Gasteiger partial charge >= 0.3 is 11.9 Å². The Bertz CT molecular complexity index is 957. The number of halogens is 2. The summed E-state index contributed by atoms with van der Waals surface area (Å²) in [7, 11) is 1.27. The maximum absolute atomic E-state index is 12.0. The Balaban J connectivity index is 2.12. The number of nitrogens with zero attached hydrogens (tertiary/aromatic N) is 1. The van der Waals surface area contributed by atoms with E-state index in [0.29, 0.717) is 15.6 Å². The Kier molecular flexibility index (Phi) is 4.26. The van der Waals surface area contributed by atoms with Gasteiger partial charge in [-0.15, -0.1) is 0 Å². The summed E-state index contributed by atoms with van der Waals surface area (Å²) in [6, 6.07) is 7.90. The first-order valence-corrected chi connectivity index (χ1v) is 7.55. The summed E-state index contributed by atoms with van der Waals surface area (Å²) >= 11 is 11.9. The highest BCUT2D eigenvalue weighted by Crippen LogP contribution is 2.28. The van der Waals surface area contributed by atoms with Crippen LogP contribution in [0.3, 0.4) is 0 Å². The molecule has 24 heavy (non-hydrogen) atoms. The average molecular weight is 368 g/mol. The largest absolute Gasteiger partial charge is 0.475 e. The molecule has 0 saturated heterocycles. The average Bonchev–Trinajstić information content (AvgIpc) is 3.09. The minimum atomic E-state index is -1.19. The molecule has 0 spiro atoms. The molecule has 3 rings (SSSR count). The Labute approximate surface area is 146 Å². The van der Waals surface area contributed by atoms with Crippen molar-refractivity contribution in [2.24, 2.45) is 0 Å². The van der Waals surface area contributed by atoms with Crippen molar-refractivity contribution >= 4 is 46.2 Å². The van der Waals surface area contributed by atoms with Crippen LogP contribution in [-0.2, 0) is 11.3 Å². The first kappa shape index (κ1) is 16.4. The molecule has 0 amide bonds. The van der Waals surface area contributed by atoms with Crippen LogP contribution in [0.2, 0.25) is 10.0 Å². The van der Waals surface area contributed by atoms with Crippen LogP contribution in [0.5, 0.6) is 0 Å². The number of benzene rings is 1. The lowest BCUT2D eigenvalue weighted by Gasteiger charge is -2.09. The highest BCUT2D eigenvalue weighted by molar-refractivity contribution is 6.42. The van der Waals surface area contributed by atoms with Crippen LogP contribution < -0.4 is 0 Å². The van der Waals surface area contributed by atoms with E-state index in [2.05, 4.69) is 0 Å². The van der Waals surface area contributed by atoms with Crippen molar-refractivity contribution in [1.29, 1.82) is 0 Å². The standard InChI is InChI=1S/C16H11Cl2NO5/c1-23-16(22)12-6-13-11(5-14(24-13)15(20)21)19(12)7-8-2-3-9(17)10(18)4-8/h2-6H,7H2,1H3,(H,20,21). The van der Waals surface area contributed by atoms with Crippen LogP contribution in [0.15, 0.2) is 34.7 Å². The summed E-state index contributed by atoms with van der Waals surface area (Å²) in [4.78, 5) is 23.1. The van der Waals surface area contributed by atoms with Crippen molar-refractivity contribution in [3.63, 3.8) is 0 Å². The van der Waals surface area contributed by atoms with E-state index in [-0.39, 0.29) is 23.6 Å². The monoisotopic (exact) mass is 367 g/mol. The first-order chi connectivity index (χ1) is 11.4. The normalized spacial score (nSPS) is 11.0. The lowest BCUT2D eigenvalue weighted by Crippen LogP contribution is -2.11. The predicted octanol–water partition coefficient (Wildman–Crippen LogP) is 4.07. The van der Waals surface area contributed by atoms with Gasteiger partial charge in [0.25, 0.3) is 0 Å². The highest BCUT2D eigenvalue weighted by Gasteiger charge is 2.21. The molecular formula is C16H11Cl2NO5. The van der Waals surface area contributed by atoms with E-state index >= 15 is 0 Å². The molecule has 0 aliphatic rings. The molecule has 1 aromatic carbocycles. The molecule has 2 heterocycles. The molecule has 0 fully saturated rings. The van der Waals surface area contributed by atoms with E-state index in [1.807, 2.05) is 0 Å². The Hall–Kier alpha value is -2.44. The van der Waals surface area contributed by atoms with E-state index in [0.717, 1.165) is 5.56 Å².